The van der Waals surface area contributed by atoms with Crippen molar-refractivity contribution in [2.24, 2.45) is 35.5 Å². The lowest BCUT2D eigenvalue weighted by Gasteiger charge is -2.42. The molecule has 3 amide bonds. The highest BCUT2D eigenvalue weighted by atomic mass is 16.6. The maximum Gasteiger partial charge on any atom is 0.329 e. The molecule has 1 aliphatic carbocycles. The van der Waals surface area contributed by atoms with Crippen molar-refractivity contribution >= 4 is 98.5 Å². The first kappa shape index (κ1) is 103. The second-order valence-corrected chi connectivity index (χ2v) is 37.0. The highest BCUT2D eigenvalue weighted by molar-refractivity contribution is 6.39. The fraction of sp³-hybridized carbons (Fsp3) is 0.622. The zero-order valence-corrected chi connectivity index (χ0v) is 79.8. The van der Waals surface area contributed by atoms with Gasteiger partial charge in [0.1, 0.15) is 59.9 Å². The monoisotopic (exact) mass is 1870 g/mol. The van der Waals surface area contributed by atoms with E-state index in [0.29, 0.717) is 194 Å². The first-order valence-corrected chi connectivity index (χ1v) is 47.9. The van der Waals surface area contributed by atoms with E-state index in [2.05, 4.69) is 50.0 Å². The number of nitrogens with two attached hydrogens (primary N) is 2. The average molecular weight is 1870 g/mol. The Morgan fingerprint density at radius 3 is 2.16 bits per heavy atom. The number of furan rings is 1. The molecule has 4 saturated heterocycles. The van der Waals surface area contributed by atoms with Crippen LogP contribution in [-0.2, 0) is 89.2 Å². The highest BCUT2D eigenvalue weighted by Crippen LogP contribution is 2.40. The van der Waals surface area contributed by atoms with E-state index in [9.17, 15) is 53.4 Å². The van der Waals surface area contributed by atoms with Gasteiger partial charge in [-0.15, -0.1) is 0 Å². The molecule has 734 valence electrons. The van der Waals surface area contributed by atoms with Crippen molar-refractivity contribution in [3.8, 4) is 11.3 Å². The number of amides is 3. The van der Waals surface area contributed by atoms with E-state index in [4.69, 9.17) is 58.9 Å². The smallest absolute Gasteiger partial charge is 0.329 e. The summed E-state index contributed by atoms with van der Waals surface area (Å²) in [5, 5.41) is 32.9. The Morgan fingerprint density at radius 2 is 1.42 bits per heavy atom. The number of esters is 2. The summed E-state index contributed by atoms with van der Waals surface area (Å²) in [5.41, 5.74) is 16.8. The van der Waals surface area contributed by atoms with Crippen LogP contribution in [0.5, 0.6) is 0 Å². The number of aliphatic hydroxyl groups excluding tert-OH is 1. The molecule has 15 atom stereocenters. The number of piperidine rings is 1. The maximum absolute atomic E-state index is 14.8. The number of aryl methyl sites for hydroxylation is 2. The van der Waals surface area contributed by atoms with E-state index >= 15 is 0 Å². The Bertz CT molecular complexity index is 5130. The Labute approximate surface area is 789 Å². The summed E-state index contributed by atoms with van der Waals surface area (Å²) in [6.07, 6.45) is 23.1. The minimum absolute atomic E-state index is 0.0118. The maximum atomic E-state index is 14.8. The van der Waals surface area contributed by atoms with Gasteiger partial charge in [0.05, 0.1) is 62.1 Å². The number of carbonyl (C=O) groups is 9. The third-order valence-corrected chi connectivity index (χ3v) is 27.1. The van der Waals surface area contributed by atoms with Crippen molar-refractivity contribution in [2.75, 3.05) is 141 Å². The number of nitrogens with one attached hydrogen (secondary N) is 1. The zero-order chi connectivity index (χ0) is 96.4. The van der Waals surface area contributed by atoms with E-state index in [1.165, 1.54) is 30.7 Å². The van der Waals surface area contributed by atoms with Crippen molar-refractivity contribution in [1.82, 2.24) is 64.7 Å². The fourth-order valence-corrected chi connectivity index (χ4v) is 18.9. The number of Topliss-reactive ketones (excluding diaryl/α,β-unsaturated/α-hetero) is 4. The summed E-state index contributed by atoms with van der Waals surface area (Å²) in [5.74, 6) is -7.71. The third-order valence-electron chi connectivity index (χ3n) is 27.1. The number of allylic oxidation sites excluding steroid dienone is 6. The molecule has 0 unspecified atom stereocenters. The van der Waals surface area contributed by atoms with Gasteiger partial charge in [-0.3, -0.25) is 43.3 Å². The zero-order valence-electron chi connectivity index (χ0n) is 79.8. The van der Waals surface area contributed by atoms with Crippen LogP contribution in [0.4, 0.5) is 23.6 Å². The average Bonchev–Trinajstić information content (AvgIpc) is 1.63. The molecule has 11 heterocycles. The lowest BCUT2D eigenvalue weighted by Crippen LogP contribution is -2.61. The SMILES string of the molecule is CO[C@H]1C[C@@H]2CC[C@@H](C)[C@@](O)(O2)C(=O)C(=O)N2CCCC[C@H]2C(=O)O[C@H]([C@H](C)C[C@@H]2CC[C@@H](OC(=O)CCc3cnc(N4CCN(C(=O)CCOCCN5CCN(c6ncc(C(=O)NCCOCCC(=O)CCCCCn7nc(-c8cnc9oc(N)cc9c8)c8c(N)ncnc87)cn6)CC5)CC4)nc3)[C@H](OC)C2)CC(=O)[C@H](C)/C=C(\C)[C@@H](O)[C@@H](OC)C(=O)[C@H](C)C[C@H](C)/C=C/C=C/C=C/1C. The first-order chi connectivity index (χ1) is 65.0. The number of methoxy groups -OCH3 is 3. The molecule has 0 spiro atoms. The predicted molar refractivity (Wildman–Crippen MR) is 503 cm³/mol. The van der Waals surface area contributed by atoms with Crippen molar-refractivity contribution < 1.29 is 95.7 Å². The van der Waals surface area contributed by atoms with E-state index < -0.39 is 102 Å². The molecule has 5 aliphatic heterocycles. The van der Waals surface area contributed by atoms with Crippen LogP contribution in [0.25, 0.3) is 33.4 Å². The summed E-state index contributed by atoms with van der Waals surface area (Å²) in [6, 6.07) is 2.37. The number of aromatic nitrogens is 9. The van der Waals surface area contributed by atoms with Gasteiger partial charge in [0.2, 0.25) is 29.3 Å². The van der Waals surface area contributed by atoms with Crippen LogP contribution in [0.1, 0.15) is 186 Å². The van der Waals surface area contributed by atoms with Crippen molar-refractivity contribution in [1.29, 1.82) is 0 Å². The molecule has 7 N–H and O–H groups in total. The van der Waals surface area contributed by atoms with E-state index in [1.54, 1.807) is 72.6 Å². The number of nitrogen functional groups attached to an aromatic ring is 2. The predicted octanol–water partition coefficient (Wildman–Crippen LogP) is 8.90. The Kier molecular flexibility index (Phi) is 38.1. The molecule has 5 fully saturated rings. The molecular formula is C98H137N17O20. The number of hydrogen-bond acceptors (Lipinski definition) is 33. The summed E-state index contributed by atoms with van der Waals surface area (Å²) < 4.78 is 55.2. The van der Waals surface area contributed by atoms with Crippen LogP contribution in [-0.4, -0.2) is 297 Å². The van der Waals surface area contributed by atoms with Gasteiger partial charge in [0.25, 0.3) is 17.6 Å². The van der Waals surface area contributed by atoms with Crippen LogP contribution >= 0.6 is 0 Å². The molecule has 6 aromatic rings. The summed E-state index contributed by atoms with van der Waals surface area (Å²) in [4.78, 5) is 166. The largest absolute Gasteiger partial charge is 0.460 e. The molecule has 1 saturated carbocycles. The number of ketones is 4. The second kappa shape index (κ2) is 49.8. The number of ether oxygens (including phenoxy) is 8. The van der Waals surface area contributed by atoms with E-state index in [1.807, 2.05) is 71.7 Å². The molecule has 2 bridgehead atoms. The van der Waals surface area contributed by atoms with Crippen molar-refractivity contribution in [3.05, 3.63) is 108 Å². The topological polar surface area (TPSA) is 469 Å². The second-order valence-electron chi connectivity index (χ2n) is 37.0. The van der Waals surface area contributed by atoms with Gasteiger partial charge in [-0.05, 0) is 138 Å². The van der Waals surface area contributed by atoms with Crippen molar-refractivity contribution in [3.63, 3.8) is 0 Å². The summed E-state index contributed by atoms with van der Waals surface area (Å²) >= 11 is 0. The van der Waals surface area contributed by atoms with E-state index in [0.717, 1.165) is 48.0 Å². The molecule has 12 rings (SSSR count). The van der Waals surface area contributed by atoms with Crippen LogP contribution < -0.4 is 26.6 Å². The normalized spacial score (nSPS) is 27.1. The van der Waals surface area contributed by atoms with Gasteiger partial charge in [-0.1, -0.05) is 77.5 Å². The van der Waals surface area contributed by atoms with Gasteiger partial charge in [-0.25, -0.2) is 44.4 Å². The first-order valence-electron chi connectivity index (χ1n) is 47.9. The molecule has 135 heavy (non-hydrogen) atoms. The van der Waals surface area contributed by atoms with Gasteiger partial charge in [0.15, 0.2) is 17.3 Å². The molecular weight excluding hydrogens is 1740 g/mol. The van der Waals surface area contributed by atoms with Gasteiger partial charge < -0.3 is 88.9 Å². The number of fused-ring (bicyclic) bond motifs is 5. The minimum atomic E-state index is -2.49. The number of carbonyl (C=O) groups excluding carboxylic acids is 9. The number of hydrogen-bond donors (Lipinski definition) is 5. The van der Waals surface area contributed by atoms with Gasteiger partial charge in [-0.2, -0.15) is 5.10 Å². The molecule has 37 heteroatoms. The highest BCUT2D eigenvalue weighted by Gasteiger charge is 2.53. The molecule has 0 aromatic carbocycles. The number of aliphatic hydroxyl groups is 2. The van der Waals surface area contributed by atoms with Crippen LogP contribution in [0.2, 0.25) is 0 Å². The number of cyclic esters (lactones) is 1. The van der Waals surface area contributed by atoms with Gasteiger partial charge >= 0.3 is 11.9 Å². The Hall–Kier alpha value is -10.8. The summed E-state index contributed by atoms with van der Waals surface area (Å²) in [7, 11) is 4.51. The Morgan fingerprint density at radius 1 is 0.696 bits per heavy atom. The van der Waals surface area contributed by atoms with Crippen LogP contribution in [0.15, 0.2) is 101 Å². The van der Waals surface area contributed by atoms with Gasteiger partial charge in [0, 0.05) is 198 Å². The molecule has 0 radical (unpaired) electrons. The lowest BCUT2D eigenvalue weighted by molar-refractivity contribution is -0.265. The quantitative estimate of drug-likeness (QED) is 0.0114. The number of pyridine rings is 1. The lowest BCUT2D eigenvalue weighted by atomic mass is 9.78. The molecule has 6 aliphatic rings. The fourth-order valence-electron chi connectivity index (χ4n) is 18.9. The van der Waals surface area contributed by atoms with Crippen LogP contribution in [0, 0.1) is 35.5 Å². The number of unbranched alkanes of at least 4 members (excludes halogenated alkanes) is 2. The van der Waals surface area contributed by atoms with Crippen LogP contribution in [0.3, 0.4) is 0 Å². The number of rotatable bonds is 32. The van der Waals surface area contributed by atoms with E-state index in [-0.39, 0.29) is 112 Å². The summed E-state index contributed by atoms with van der Waals surface area (Å²) in [6.45, 7) is 20.4. The number of nitrogens with zero attached hydrogens (tertiary/aromatic N) is 14. The molecule has 37 nitrogen and oxygen atoms in total. The minimum Gasteiger partial charge on any atom is -0.460 e. The number of piperazine rings is 2. The molecule has 6 aromatic heterocycles. The third kappa shape index (κ3) is 28.0. The number of anilines is 4. The Balaban J connectivity index is 0.525. The van der Waals surface area contributed by atoms with Crippen molar-refractivity contribution in [2.45, 2.75) is 238 Å². The standard InChI is InChI=1S/C98H137N17O20/c1-61-19-13-11-14-20-62(2)78(127-8)53-74-26-23-67(7)98(126,135-74)89(122)94(124)114-32-18-16-22-75(114)95(125)133-79(54-76(117)63(3)48-66(6)87(121)88(129-10)86(120)65(5)47-61)64(4)49-68-24-27-77(80(50-68)128-9)132-83(119)28-25-69-55-103-96(104-56-69)113-40-38-111(39-41-113)82(118)30-44-131-46-42-110-34-36-112(37-35-110)97-105-58-72(59-106-97)92(123)101-31-45-130-43-29-73(116)21-15-12-17-33-115-91-84(90(100)107-60-108-91)85(109-115)71-51-70-52-81(99)134-93(70)102-57-71/h11,13-14,19-20,48,51-52,55-61,63-65,67-68,74-75,77-80,87-88,121,126H,12,15-18,21-47,49-50,53-54,99H2,1-10H3,(H,101,123)(H2,100,107,108)/b14-11+,19-13+,62-20+,66-48+/t61-,63-,64-,65-,67-,68+,74+,75+,77-,78+,79+,80-,87-,88+,98-/m1/s1.